The van der Waals surface area contributed by atoms with Crippen molar-refractivity contribution in [2.45, 2.75) is 32.3 Å². The van der Waals surface area contributed by atoms with Crippen molar-refractivity contribution in [1.29, 1.82) is 0 Å². The van der Waals surface area contributed by atoms with Crippen molar-refractivity contribution in [3.05, 3.63) is 40.8 Å². The molecule has 7 nitrogen and oxygen atoms in total. The summed E-state index contributed by atoms with van der Waals surface area (Å²) < 4.78 is 1.69. The van der Waals surface area contributed by atoms with E-state index < -0.39 is 0 Å². The van der Waals surface area contributed by atoms with Gasteiger partial charge in [0.05, 0.1) is 6.42 Å². The molecule has 0 saturated carbocycles. The zero-order chi connectivity index (χ0) is 17.3. The van der Waals surface area contributed by atoms with Crippen LogP contribution in [0.25, 0.3) is 5.78 Å². The highest BCUT2D eigenvalue weighted by atomic mass is 32.2. The lowest BCUT2D eigenvalue weighted by molar-refractivity contribution is -0.115. The van der Waals surface area contributed by atoms with Gasteiger partial charge in [-0.1, -0.05) is 17.8 Å². The Morgan fingerprint density at radius 1 is 1.21 bits per heavy atom. The third-order valence-electron chi connectivity index (χ3n) is 3.71. The van der Waals surface area contributed by atoms with Crippen molar-refractivity contribution in [3.8, 4) is 0 Å². The molecule has 0 aliphatic carbocycles. The Labute approximate surface area is 143 Å². The minimum Gasteiger partial charge on any atom is -0.310 e. The fourth-order valence-electron chi connectivity index (χ4n) is 2.49. The average molecular weight is 342 g/mol. The second-order valence-electron chi connectivity index (χ2n) is 5.46. The van der Waals surface area contributed by atoms with E-state index in [9.17, 15) is 4.79 Å². The molecule has 0 radical (unpaired) electrons. The first-order chi connectivity index (χ1) is 11.5. The number of rotatable bonds is 4. The largest absolute Gasteiger partial charge is 0.310 e. The molecular weight excluding hydrogens is 324 g/mol. The van der Waals surface area contributed by atoms with E-state index in [0.29, 0.717) is 16.8 Å². The summed E-state index contributed by atoms with van der Waals surface area (Å²) in [5, 5.41) is 7.88. The quantitative estimate of drug-likeness (QED) is 0.733. The first-order valence-corrected chi connectivity index (χ1v) is 8.70. The number of aryl methyl sites for hydroxylation is 3. The van der Waals surface area contributed by atoms with E-state index in [2.05, 4.69) is 25.4 Å². The Hall–Kier alpha value is -2.48. The number of hydrogen-bond donors (Lipinski definition) is 1. The van der Waals surface area contributed by atoms with Crippen molar-refractivity contribution in [2.24, 2.45) is 0 Å². The number of pyridine rings is 1. The van der Waals surface area contributed by atoms with Gasteiger partial charge in [-0.3, -0.25) is 4.79 Å². The molecule has 3 rings (SSSR count). The maximum absolute atomic E-state index is 12.4. The Bertz CT molecular complexity index is 920. The fourth-order valence-corrected chi connectivity index (χ4v) is 2.83. The molecule has 1 amide bonds. The van der Waals surface area contributed by atoms with E-state index in [1.807, 2.05) is 39.2 Å². The highest BCUT2D eigenvalue weighted by Gasteiger charge is 2.16. The van der Waals surface area contributed by atoms with Crippen molar-refractivity contribution in [2.75, 3.05) is 11.6 Å². The van der Waals surface area contributed by atoms with Gasteiger partial charge in [0.2, 0.25) is 11.1 Å². The van der Waals surface area contributed by atoms with Crippen LogP contribution < -0.4 is 5.32 Å². The van der Waals surface area contributed by atoms with Crippen LogP contribution in [-0.2, 0) is 11.2 Å². The second kappa shape index (κ2) is 6.56. The van der Waals surface area contributed by atoms with Crippen LogP contribution in [0.5, 0.6) is 0 Å². The van der Waals surface area contributed by atoms with Crippen LogP contribution in [-0.4, -0.2) is 36.7 Å². The predicted molar refractivity (Wildman–Crippen MR) is 93.3 cm³/mol. The molecule has 0 fully saturated rings. The van der Waals surface area contributed by atoms with Crippen molar-refractivity contribution in [1.82, 2.24) is 24.6 Å². The fraction of sp³-hybridized carbons (Fsp3) is 0.312. The molecule has 24 heavy (non-hydrogen) atoms. The number of carbonyl (C=O) groups is 1. The highest BCUT2D eigenvalue weighted by molar-refractivity contribution is 7.98. The van der Waals surface area contributed by atoms with Gasteiger partial charge in [0.15, 0.2) is 0 Å². The van der Waals surface area contributed by atoms with E-state index in [-0.39, 0.29) is 12.3 Å². The third kappa shape index (κ3) is 3.23. The lowest BCUT2D eigenvalue weighted by Gasteiger charge is -2.10. The standard InChI is InChI=1S/C16H18N6OS/c1-9-6-5-7-13(17-9)19-14(23)8-12-10(2)18-15-20-16(24-4)21-22(15)11(12)3/h5-7H,8H2,1-4H3,(H,17,19,23). The van der Waals surface area contributed by atoms with Gasteiger partial charge in [-0.05, 0) is 39.2 Å². The molecular formula is C16H18N6OS. The van der Waals surface area contributed by atoms with Crippen LogP contribution >= 0.6 is 11.8 Å². The molecule has 0 aromatic carbocycles. The minimum absolute atomic E-state index is 0.134. The zero-order valence-electron chi connectivity index (χ0n) is 14.0. The SMILES string of the molecule is CSc1nc2nc(C)c(CC(=O)Nc3cccc(C)n3)c(C)n2n1. The lowest BCUT2D eigenvalue weighted by atomic mass is 10.1. The van der Waals surface area contributed by atoms with Crippen LogP contribution in [0.3, 0.4) is 0 Å². The number of hydrogen-bond acceptors (Lipinski definition) is 6. The lowest BCUT2D eigenvalue weighted by Crippen LogP contribution is -2.18. The van der Waals surface area contributed by atoms with Crippen molar-refractivity contribution >= 4 is 29.3 Å². The van der Waals surface area contributed by atoms with E-state index >= 15 is 0 Å². The first-order valence-electron chi connectivity index (χ1n) is 7.48. The number of carbonyl (C=O) groups excluding carboxylic acids is 1. The predicted octanol–water partition coefficient (Wildman–Crippen LogP) is 2.35. The molecule has 8 heteroatoms. The molecule has 0 unspecified atom stereocenters. The normalized spacial score (nSPS) is 11.0. The van der Waals surface area contributed by atoms with Gasteiger partial charge in [0.25, 0.3) is 5.78 Å². The van der Waals surface area contributed by atoms with Crippen LogP contribution in [0.2, 0.25) is 0 Å². The average Bonchev–Trinajstić information content (AvgIpc) is 2.94. The number of anilines is 1. The molecule has 0 atom stereocenters. The molecule has 3 aromatic heterocycles. The molecule has 3 aromatic rings. The smallest absolute Gasteiger partial charge is 0.253 e. The number of fused-ring (bicyclic) bond motifs is 1. The highest BCUT2D eigenvalue weighted by Crippen LogP contribution is 2.17. The molecule has 0 saturated heterocycles. The molecule has 1 N–H and O–H groups in total. The number of thioether (sulfide) groups is 1. The topological polar surface area (TPSA) is 85.1 Å². The van der Waals surface area contributed by atoms with Crippen molar-refractivity contribution < 1.29 is 4.79 Å². The van der Waals surface area contributed by atoms with Crippen molar-refractivity contribution in [3.63, 3.8) is 0 Å². The van der Waals surface area contributed by atoms with Gasteiger partial charge in [-0.15, -0.1) is 5.10 Å². The monoisotopic (exact) mass is 342 g/mol. The van der Waals surface area contributed by atoms with E-state index in [4.69, 9.17) is 0 Å². The van der Waals surface area contributed by atoms with Crippen LogP contribution in [0, 0.1) is 20.8 Å². The van der Waals surface area contributed by atoms with Crippen LogP contribution in [0.4, 0.5) is 5.82 Å². The Kier molecular flexibility index (Phi) is 4.48. The molecule has 3 heterocycles. The maximum Gasteiger partial charge on any atom is 0.253 e. The number of nitrogens with one attached hydrogen (secondary N) is 1. The van der Waals surface area contributed by atoms with Crippen LogP contribution in [0.1, 0.15) is 22.6 Å². The van der Waals surface area contributed by atoms with Gasteiger partial charge >= 0.3 is 0 Å². The summed E-state index contributed by atoms with van der Waals surface area (Å²) in [7, 11) is 0. The molecule has 0 aliphatic rings. The Morgan fingerprint density at radius 2 is 2.00 bits per heavy atom. The summed E-state index contributed by atoms with van der Waals surface area (Å²) >= 11 is 1.46. The van der Waals surface area contributed by atoms with E-state index in [1.54, 1.807) is 10.6 Å². The van der Waals surface area contributed by atoms with E-state index in [0.717, 1.165) is 22.6 Å². The molecule has 0 aliphatic heterocycles. The van der Waals surface area contributed by atoms with E-state index in [1.165, 1.54) is 11.8 Å². The summed E-state index contributed by atoms with van der Waals surface area (Å²) in [4.78, 5) is 25.5. The number of nitrogens with zero attached hydrogens (tertiary/aromatic N) is 5. The minimum atomic E-state index is -0.134. The number of aromatic nitrogens is 5. The summed E-state index contributed by atoms with van der Waals surface area (Å²) in [5.74, 6) is 0.972. The maximum atomic E-state index is 12.4. The third-order valence-corrected chi connectivity index (χ3v) is 4.24. The summed E-state index contributed by atoms with van der Waals surface area (Å²) in [6.07, 6.45) is 2.13. The number of amides is 1. The van der Waals surface area contributed by atoms with Gasteiger partial charge in [0, 0.05) is 22.6 Å². The van der Waals surface area contributed by atoms with Gasteiger partial charge < -0.3 is 5.32 Å². The summed E-state index contributed by atoms with van der Waals surface area (Å²) in [6, 6.07) is 5.52. The van der Waals surface area contributed by atoms with Gasteiger partial charge in [-0.25, -0.2) is 14.5 Å². The molecule has 0 spiro atoms. The first kappa shape index (κ1) is 16.4. The van der Waals surface area contributed by atoms with Crippen LogP contribution in [0.15, 0.2) is 23.4 Å². The summed E-state index contributed by atoms with van der Waals surface area (Å²) in [6.45, 7) is 5.69. The van der Waals surface area contributed by atoms with Gasteiger partial charge in [0.1, 0.15) is 5.82 Å². The Balaban J connectivity index is 1.87. The second-order valence-corrected chi connectivity index (χ2v) is 6.23. The zero-order valence-corrected chi connectivity index (χ0v) is 14.8. The van der Waals surface area contributed by atoms with Gasteiger partial charge in [-0.2, -0.15) is 4.98 Å². The summed E-state index contributed by atoms with van der Waals surface area (Å²) in [5.41, 5.74) is 3.37. The molecule has 124 valence electrons. The molecule has 0 bridgehead atoms. The Morgan fingerprint density at radius 3 is 2.71 bits per heavy atom.